The molecule has 1 N–H and O–H groups in total. The van der Waals surface area contributed by atoms with Crippen molar-refractivity contribution < 1.29 is 13.2 Å². The summed E-state index contributed by atoms with van der Waals surface area (Å²) < 4.78 is 38.7. The summed E-state index contributed by atoms with van der Waals surface area (Å²) in [5, 5.41) is 3.22. The average Bonchev–Trinajstić information content (AvgIpc) is 2.77. The van der Waals surface area contributed by atoms with Crippen LogP contribution in [0.4, 0.5) is 18.9 Å². The van der Waals surface area contributed by atoms with Crippen LogP contribution in [0.1, 0.15) is 23.4 Å². The quantitative estimate of drug-likeness (QED) is 0.697. The van der Waals surface area contributed by atoms with Crippen LogP contribution in [0.5, 0.6) is 0 Å². The van der Waals surface area contributed by atoms with E-state index in [4.69, 9.17) is 23.2 Å². The predicted octanol–water partition coefficient (Wildman–Crippen LogP) is 6.25. The zero-order chi connectivity index (χ0) is 14.9. The van der Waals surface area contributed by atoms with Gasteiger partial charge in [-0.1, -0.05) is 23.2 Å². The van der Waals surface area contributed by atoms with Crippen LogP contribution in [0.15, 0.2) is 30.3 Å². The van der Waals surface area contributed by atoms with E-state index in [1.54, 1.807) is 6.07 Å². The molecule has 0 radical (unpaired) electrons. The largest absolute Gasteiger partial charge is 0.416 e. The minimum Gasteiger partial charge on any atom is -0.376 e. The number of benzene rings is 1. The highest BCUT2D eigenvalue weighted by molar-refractivity contribution is 7.16. The molecule has 2 rings (SSSR count). The van der Waals surface area contributed by atoms with Crippen LogP contribution >= 0.6 is 34.5 Å². The maximum atomic E-state index is 12.7. The van der Waals surface area contributed by atoms with Crippen LogP contribution in [-0.4, -0.2) is 0 Å². The number of nitrogens with one attached hydrogen (secondary N) is 1. The number of halogens is 5. The van der Waals surface area contributed by atoms with Gasteiger partial charge in [-0.3, -0.25) is 0 Å². The smallest absolute Gasteiger partial charge is 0.376 e. The Balaban J connectivity index is 2.24. The van der Waals surface area contributed by atoms with E-state index in [9.17, 15) is 13.2 Å². The number of rotatable bonds is 3. The Morgan fingerprint density at radius 2 is 1.85 bits per heavy atom. The molecule has 0 aliphatic carbocycles. The third kappa shape index (κ3) is 3.59. The molecule has 1 unspecified atom stereocenters. The standard InChI is InChI=1S/C13H10Cl2F3NS/c1-7(11-4-5-12(15)20-11)19-10-6-8(13(16,17)18)2-3-9(10)14/h2-7,19H,1H3. The van der Waals surface area contributed by atoms with Gasteiger partial charge in [0.1, 0.15) is 0 Å². The molecule has 1 nitrogen and oxygen atoms in total. The van der Waals surface area contributed by atoms with Crippen molar-refractivity contribution in [2.24, 2.45) is 0 Å². The van der Waals surface area contributed by atoms with Crippen molar-refractivity contribution in [1.82, 2.24) is 0 Å². The van der Waals surface area contributed by atoms with E-state index in [-0.39, 0.29) is 16.8 Å². The molecule has 2 aromatic rings. The number of thiophene rings is 1. The van der Waals surface area contributed by atoms with Gasteiger partial charge >= 0.3 is 6.18 Å². The molecule has 1 heterocycles. The highest BCUT2D eigenvalue weighted by atomic mass is 35.5. The maximum absolute atomic E-state index is 12.7. The second kappa shape index (κ2) is 5.84. The van der Waals surface area contributed by atoms with Crippen LogP contribution in [0.2, 0.25) is 9.36 Å². The molecule has 0 amide bonds. The molecular formula is C13H10Cl2F3NS. The number of alkyl halides is 3. The third-order valence-electron chi connectivity index (χ3n) is 2.69. The zero-order valence-corrected chi connectivity index (χ0v) is 12.6. The summed E-state index contributed by atoms with van der Waals surface area (Å²) in [6, 6.07) is 6.59. The van der Waals surface area contributed by atoms with E-state index in [1.807, 2.05) is 13.0 Å². The van der Waals surface area contributed by atoms with Crippen molar-refractivity contribution in [2.75, 3.05) is 5.32 Å². The molecule has 20 heavy (non-hydrogen) atoms. The summed E-state index contributed by atoms with van der Waals surface area (Å²) in [6.07, 6.45) is -4.39. The second-order valence-corrected chi connectivity index (χ2v) is 6.35. The van der Waals surface area contributed by atoms with Crippen molar-refractivity contribution in [3.8, 4) is 0 Å². The molecular weight excluding hydrogens is 330 g/mol. The summed E-state index contributed by atoms with van der Waals surface area (Å²) in [7, 11) is 0. The van der Waals surface area contributed by atoms with E-state index in [2.05, 4.69) is 5.32 Å². The Labute approximate surface area is 128 Å². The molecule has 0 spiro atoms. The Kier molecular flexibility index (Phi) is 4.52. The summed E-state index contributed by atoms with van der Waals surface area (Å²) in [4.78, 5) is 0.920. The first-order valence-corrected chi connectivity index (χ1v) is 7.23. The van der Waals surface area contributed by atoms with Gasteiger partial charge < -0.3 is 5.32 Å². The normalized spacial score (nSPS) is 13.3. The van der Waals surface area contributed by atoms with E-state index >= 15 is 0 Å². The second-order valence-electron chi connectivity index (χ2n) is 4.20. The fourth-order valence-corrected chi connectivity index (χ4v) is 2.91. The van der Waals surface area contributed by atoms with Crippen molar-refractivity contribution in [3.05, 3.63) is 50.1 Å². The molecule has 108 valence electrons. The minimum atomic E-state index is -4.39. The van der Waals surface area contributed by atoms with Gasteiger partial charge in [-0.15, -0.1) is 11.3 Å². The van der Waals surface area contributed by atoms with Crippen LogP contribution in [0.25, 0.3) is 0 Å². The number of hydrogen-bond donors (Lipinski definition) is 1. The molecule has 1 aromatic carbocycles. The summed E-state index contributed by atoms with van der Waals surface area (Å²) in [5.41, 5.74) is -0.487. The molecule has 0 saturated heterocycles. The molecule has 0 aliphatic rings. The molecule has 1 atom stereocenters. The molecule has 0 fully saturated rings. The summed E-state index contributed by atoms with van der Waals surface area (Å²) >= 11 is 13.1. The van der Waals surface area contributed by atoms with Crippen LogP contribution < -0.4 is 5.32 Å². The third-order valence-corrected chi connectivity index (χ3v) is 4.43. The van der Waals surface area contributed by atoms with Crippen LogP contribution in [0, 0.1) is 0 Å². The predicted molar refractivity (Wildman–Crippen MR) is 77.8 cm³/mol. The van der Waals surface area contributed by atoms with E-state index in [0.29, 0.717) is 4.34 Å². The lowest BCUT2D eigenvalue weighted by molar-refractivity contribution is -0.137. The van der Waals surface area contributed by atoms with E-state index < -0.39 is 11.7 Å². The number of hydrogen-bond acceptors (Lipinski definition) is 2. The first-order valence-electron chi connectivity index (χ1n) is 5.66. The molecule has 0 aliphatic heterocycles. The maximum Gasteiger partial charge on any atom is 0.416 e. The van der Waals surface area contributed by atoms with E-state index in [0.717, 1.165) is 17.0 Å². The first kappa shape index (κ1) is 15.5. The van der Waals surface area contributed by atoms with Gasteiger partial charge in [0.2, 0.25) is 0 Å². The van der Waals surface area contributed by atoms with Gasteiger partial charge in [-0.2, -0.15) is 13.2 Å². The average molecular weight is 340 g/mol. The van der Waals surface area contributed by atoms with Gasteiger partial charge in [0.15, 0.2) is 0 Å². The van der Waals surface area contributed by atoms with Gasteiger partial charge in [0.05, 0.1) is 26.7 Å². The van der Waals surface area contributed by atoms with Crippen molar-refractivity contribution in [3.63, 3.8) is 0 Å². The van der Waals surface area contributed by atoms with Crippen molar-refractivity contribution in [2.45, 2.75) is 19.1 Å². The van der Waals surface area contributed by atoms with Gasteiger partial charge in [-0.25, -0.2) is 0 Å². The zero-order valence-electron chi connectivity index (χ0n) is 10.3. The molecule has 1 aromatic heterocycles. The van der Waals surface area contributed by atoms with Gasteiger partial charge in [-0.05, 0) is 37.3 Å². The molecule has 7 heteroatoms. The highest BCUT2D eigenvalue weighted by Gasteiger charge is 2.31. The Morgan fingerprint density at radius 1 is 1.15 bits per heavy atom. The number of anilines is 1. The lowest BCUT2D eigenvalue weighted by Crippen LogP contribution is -2.09. The van der Waals surface area contributed by atoms with Crippen molar-refractivity contribution >= 4 is 40.2 Å². The van der Waals surface area contributed by atoms with Crippen molar-refractivity contribution in [1.29, 1.82) is 0 Å². The fourth-order valence-electron chi connectivity index (χ4n) is 1.68. The molecule has 0 bridgehead atoms. The Morgan fingerprint density at radius 3 is 2.40 bits per heavy atom. The summed E-state index contributed by atoms with van der Waals surface area (Å²) in [6.45, 7) is 1.83. The Hall–Kier alpha value is -0.910. The van der Waals surface area contributed by atoms with Gasteiger partial charge in [0, 0.05) is 4.88 Å². The summed E-state index contributed by atoms with van der Waals surface area (Å²) in [5.74, 6) is 0. The fraction of sp³-hybridized carbons (Fsp3) is 0.231. The molecule has 0 saturated carbocycles. The monoisotopic (exact) mass is 339 g/mol. The SMILES string of the molecule is CC(Nc1cc(C(F)(F)F)ccc1Cl)c1ccc(Cl)s1. The minimum absolute atomic E-state index is 0.187. The lowest BCUT2D eigenvalue weighted by Gasteiger charge is -2.16. The first-order chi connectivity index (χ1) is 9.27. The van der Waals surface area contributed by atoms with Crippen LogP contribution in [0.3, 0.4) is 0 Å². The van der Waals surface area contributed by atoms with Crippen LogP contribution in [-0.2, 0) is 6.18 Å². The van der Waals surface area contributed by atoms with Gasteiger partial charge in [0.25, 0.3) is 0 Å². The highest BCUT2D eigenvalue weighted by Crippen LogP contribution is 2.36. The Bertz CT molecular complexity index is 610. The van der Waals surface area contributed by atoms with E-state index in [1.165, 1.54) is 17.4 Å². The lowest BCUT2D eigenvalue weighted by atomic mass is 10.1. The topological polar surface area (TPSA) is 12.0 Å².